The minimum atomic E-state index is -0.951. The van der Waals surface area contributed by atoms with Crippen LogP contribution in [0.5, 0.6) is 0 Å². The first-order valence-electron chi connectivity index (χ1n) is 11.5. The van der Waals surface area contributed by atoms with Crippen LogP contribution in [0.15, 0.2) is 95.9 Å². The first-order chi connectivity index (χ1) is 17.6. The summed E-state index contributed by atoms with van der Waals surface area (Å²) in [7, 11) is 0. The molecule has 1 N–H and O–H groups in total. The molecule has 0 spiro atoms. The predicted octanol–water partition coefficient (Wildman–Crippen LogP) is 3.82. The maximum atomic E-state index is 13.9. The van der Waals surface area contributed by atoms with E-state index in [2.05, 4.69) is 20.6 Å². The van der Waals surface area contributed by atoms with E-state index in [1.54, 1.807) is 47.6 Å². The van der Waals surface area contributed by atoms with Gasteiger partial charge in [0.15, 0.2) is 0 Å². The van der Waals surface area contributed by atoms with E-state index in [9.17, 15) is 9.59 Å². The molecule has 1 atom stereocenters. The monoisotopic (exact) mass is 480 g/mol. The highest BCUT2D eigenvalue weighted by atomic mass is 16.3. The largest absolute Gasteiger partial charge is 0.467 e. The lowest BCUT2D eigenvalue weighted by molar-refractivity contribution is -0.127. The Morgan fingerprint density at radius 3 is 2.53 bits per heavy atom. The summed E-state index contributed by atoms with van der Waals surface area (Å²) in [5, 5.41) is 11.2. The number of aromatic nitrogens is 4. The molecule has 3 heterocycles. The fourth-order valence-electron chi connectivity index (χ4n) is 4.03. The van der Waals surface area contributed by atoms with Crippen molar-refractivity contribution < 1.29 is 14.0 Å². The van der Waals surface area contributed by atoms with Gasteiger partial charge in [0.05, 0.1) is 18.3 Å². The summed E-state index contributed by atoms with van der Waals surface area (Å²) in [6, 6.07) is 21.0. The third-order valence-electron chi connectivity index (χ3n) is 5.83. The van der Waals surface area contributed by atoms with Crippen LogP contribution in [0.1, 0.15) is 22.9 Å². The Morgan fingerprint density at radius 1 is 1.00 bits per heavy atom. The van der Waals surface area contributed by atoms with E-state index >= 15 is 0 Å². The molecule has 0 aliphatic heterocycles. The molecule has 0 unspecified atom stereocenters. The van der Waals surface area contributed by atoms with Crippen molar-refractivity contribution in [2.24, 2.45) is 0 Å². The number of para-hydroxylation sites is 1. The standard InChI is InChI=1S/C27H24N6O3/c1-19-8-10-21(11-9-19)33(25(34)18-32-24-7-3-2-6-23(24)30-31-32)26(20-12-14-28-15-13-20)27(35)29-17-22-5-4-16-36-22/h2-16,26H,17-18H2,1H3,(H,29,35)/t26-/m0/s1. The summed E-state index contributed by atoms with van der Waals surface area (Å²) in [4.78, 5) is 33.1. The maximum absolute atomic E-state index is 13.9. The lowest BCUT2D eigenvalue weighted by Crippen LogP contribution is -2.45. The Balaban J connectivity index is 1.54. The fourth-order valence-corrected chi connectivity index (χ4v) is 4.03. The Kier molecular flexibility index (Phi) is 6.53. The van der Waals surface area contributed by atoms with E-state index in [0.29, 0.717) is 22.5 Å². The lowest BCUT2D eigenvalue weighted by atomic mass is 10.0. The minimum absolute atomic E-state index is 0.0958. The highest BCUT2D eigenvalue weighted by molar-refractivity contribution is 6.01. The number of benzene rings is 2. The van der Waals surface area contributed by atoms with Crippen LogP contribution in [0.3, 0.4) is 0 Å². The van der Waals surface area contributed by atoms with Crippen LogP contribution < -0.4 is 10.2 Å². The molecule has 2 aromatic carbocycles. The number of hydrogen-bond donors (Lipinski definition) is 1. The molecule has 0 bridgehead atoms. The first-order valence-corrected chi connectivity index (χ1v) is 11.5. The quantitative estimate of drug-likeness (QED) is 0.362. The van der Waals surface area contributed by atoms with Crippen LogP contribution in [0, 0.1) is 6.92 Å². The molecule has 0 aliphatic carbocycles. The number of nitrogens with one attached hydrogen (secondary N) is 1. The van der Waals surface area contributed by atoms with E-state index in [0.717, 1.165) is 11.1 Å². The molecule has 9 nitrogen and oxygen atoms in total. The number of carbonyl (C=O) groups excluding carboxylic acids is 2. The van der Waals surface area contributed by atoms with E-state index < -0.39 is 6.04 Å². The Morgan fingerprint density at radius 2 is 1.78 bits per heavy atom. The highest BCUT2D eigenvalue weighted by Crippen LogP contribution is 2.29. The van der Waals surface area contributed by atoms with Crippen molar-refractivity contribution in [2.45, 2.75) is 26.1 Å². The van der Waals surface area contributed by atoms with Gasteiger partial charge in [-0.3, -0.25) is 19.5 Å². The van der Waals surface area contributed by atoms with Gasteiger partial charge in [-0.25, -0.2) is 4.68 Å². The van der Waals surface area contributed by atoms with Crippen LogP contribution in [0.2, 0.25) is 0 Å². The van der Waals surface area contributed by atoms with E-state index in [1.165, 1.54) is 4.90 Å². The van der Waals surface area contributed by atoms with Crippen molar-refractivity contribution in [2.75, 3.05) is 4.90 Å². The molecule has 5 aromatic rings. The number of rotatable bonds is 8. The van der Waals surface area contributed by atoms with Gasteiger partial charge >= 0.3 is 0 Å². The van der Waals surface area contributed by atoms with E-state index in [-0.39, 0.29) is 24.9 Å². The number of nitrogens with zero attached hydrogens (tertiary/aromatic N) is 5. The van der Waals surface area contributed by atoms with E-state index in [4.69, 9.17) is 4.42 Å². The molecule has 3 aromatic heterocycles. The number of pyridine rings is 1. The second-order valence-electron chi connectivity index (χ2n) is 8.32. The maximum Gasteiger partial charge on any atom is 0.249 e. The van der Waals surface area contributed by atoms with Gasteiger partial charge in [0.1, 0.15) is 23.9 Å². The topological polar surface area (TPSA) is 106 Å². The fraction of sp³-hybridized carbons (Fsp3) is 0.148. The Bertz CT molecular complexity index is 1460. The van der Waals surface area contributed by atoms with E-state index in [1.807, 2.05) is 55.5 Å². The molecule has 0 radical (unpaired) electrons. The number of hydrogen-bond acceptors (Lipinski definition) is 6. The molecule has 0 saturated heterocycles. The SMILES string of the molecule is Cc1ccc(N(C(=O)Cn2nnc3ccccc32)[C@H](C(=O)NCc2ccco2)c2ccncc2)cc1. The number of aryl methyl sites for hydroxylation is 1. The summed E-state index contributed by atoms with van der Waals surface area (Å²) < 4.78 is 6.91. The zero-order valence-corrected chi connectivity index (χ0v) is 19.6. The van der Waals surface area contributed by atoms with Crippen LogP contribution >= 0.6 is 0 Å². The number of carbonyl (C=O) groups is 2. The Hall–Kier alpha value is -4.79. The smallest absolute Gasteiger partial charge is 0.249 e. The number of furan rings is 1. The summed E-state index contributed by atoms with van der Waals surface area (Å²) >= 11 is 0. The predicted molar refractivity (Wildman–Crippen MR) is 134 cm³/mol. The lowest BCUT2D eigenvalue weighted by Gasteiger charge is -2.31. The van der Waals surface area contributed by atoms with Gasteiger partial charge in [0.2, 0.25) is 11.8 Å². The van der Waals surface area contributed by atoms with Crippen LogP contribution in [-0.2, 0) is 22.7 Å². The number of fused-ring (bicyclic) bond motifs is 1. The molecule has 180 valence electrons. The van der Waals surface area contributed by atoms with Crippen LogP contribution in [-0.4, -0.2) is 31.8 Å². The zero-order valence-electron chi connectivity index (χ0n) is 19.6. The van der Waals surface area contributed by atoms with Crippen LogP contribution in [0.25, 0.3) is 11.0 Å². The second-order valence-corrected chi connectivity index (χ2v) is 8.32. The molecule has 9 heteroatoms. The highest BCUT2D eigenvalue weighted by Gasteiger charge is 2.33. The van der Waals surface area contributed by atoms with Gasteiger partial charge in [0.25, 0.3) is 0 Å². The third-order valence-corrected chi connectivity index (χ3v) is 5.83. The summed E-state index contributed by atoms with van der Waals surface area (Å²) in [5.41, 5.74) is 3.67. The van der Waals surface area contributed by atoms with Gasteiger partial charge < -0.3 is 9.73 Å². The van der Waals surface area contributed by atoms with Crippen molar-refractivity contribution in [3.05, 3.63) is 108 Å². The minimum Gasteiger partial charge on any atom is -0.467 e. The number of amides is 2. The molecule has 36 heavy (non-hydrogen) atoms. The summed E-state index contributed by atoms with van der Waals surface area (Å²) in [5.74, 6) is -0.0569. The summed E-state index contributed by atoms with van der Waals surface area (Å²) in [6.45, 7) is 2.06. The molecular formula is C27H24N6O3. The molecule has 0 saturated carbocycles. The Labute approximate surface area is 207 Å². The van der Waals surface area contributed by atoms with Crippen molar-refractivity contribution in [1.29, 1.82) is 0 Å². The van der Waals surface area contributed by atoms with Crippen molar-refractivity contribution in [3.8, 4) is 0 Å². The molecule has 2 amide bonds. The van der Waals surface area contributed by atoms with Crippen LogP contribution in [0.4, 0.5) is 5.69 Å². The van der Waals surface area contributed by atoms with Gasteiger partial charge in [-0.2, -0.15) is 0 Å². The van der Waals surface area contributed by atoms with Gasteiger partial charge in [-0.15, -0.1) is 5.10 Å². The average Bonchev–Trinajstić information content (AvgIpc) is 3.57. The first kappa shape index (κ1) is 23.0. The number of anilines is 1. The van der Waals surface area contributed by atoms with Crippen molar-refractivity contribution >= 4 is 28.5 Å². The molecule has 5 rings (SSSR count). The zero-order chi connectivity index (χ0) is 24.9. The summed E-state index contributed by atoms with van der Waals surface area (Å²) in [6.07, 6.45) is 4.75. The van der Waals surface area contributed by atoms with Gasteiger partial charge in [-0.05, 0) is 61.0 Å². The average molecular weight is 481 g/mol. The second kappa shape index (κ2) is 10.2. The van der Waals surface area contributed by atoms with Crippen molar-refractivity contribution in [3.63, 3.8) is 0 Å². The third kappa shape index (κ3) is 4.85. The normalized spacial score (nSPS) is 11.8. The van der Waals surface area contributed by atoms with Gasteiger partial charge in [0, 0.05) is 18.1 Å². The molecule has 0 aliphatic rings. The van der Waals surface area contributed by atoms with Crippen molar-refractivity contribution in [1.82, 2.24) is 25.3 Å². The molecular weight excluding hydrogens is 456 g/mol. The van der Waals surface area contributed by atoms with Gasteiger partial charge in [-0.1, -0.05) is 35.0 Å². The molecule has 0 fully saturated rings.